The normalized spacial score (nSPS) is 14.5. The lowest BCUT2D eigenvalue weighted by molar-refractivity contribution is -0.135. The maximum absolute atomic E-state index is 12.2. The first-order valence-electron chi connectivity index (χ1n) is 8.13. The highest BCUT2D eigenvalue weighted by atomic mass is 32.2. The Bertz CT molecular complexity index is 827. The molecule has 0 bridgehead atoms. The van der Waals surface area contributed by atoms with E-state index < -0.39 is 0 Å². The molecule has 2 aromatic heterocycles. The Labute approximate surface area is 154 Å². The standard InChI is InChI=1S/C18H17N3O2S2/c22-16(8-10-24-14-5-2-1-3-6-14)21-11-13(12-21)18-19-17(20-23-18)15-7-4-9-25-15/h1-7,9,13H,8,10-12H2. The number of hydrogen-bond donors (Lipinski definition) is 0. The second-order valence-electron chi connectivity index (χ2n) is 5.84. The molecule has 3 heterocycles. The van der Waals surface area contributed by atoms with Gasteiger partial charge in [0, 0.05) is 30.2 Å². The summed E-state index contributed by atoms with van der Waals surface area (Å²) >= 11 is 3.30. The van der Waals surface area contributed by atoms with E-state index in [0.29, 0.717) is 31.2 Å². The van der Waals surface area contributed by atoms with Crippen molar-refractivity contribution in [2.45, 2.75) is 17.2 Å². The fraction of sp³-hybridized carbons (Fsp3) is 0.278. The molecule has 128 valence electrons. The molecular formula is C18H17N3O2S2. The monoisotopic (exact) mass is 371 g/mol. The molecule has 4 rings (SSSR count). The highest BCUT2D eigenvalue weighted by molar-refractivity contribution is 7.99. The molecular weight excluding hydrogens is 354 g/mol. The first kappa shape index (κ1) is 16.4. The maximum Gasteiger partial charge on any atom is 0.233 e. The molecule has 5 nitrogen and oxygen atoms in total. The Morgan fingerprint density at radius 2 is 2.08 bits per heavy atom. The summed E-state index contributed by atoms with van der Waals surface area (Å²) < 4.78 is 5.36. The molecule has 1 aliphatic heterocycles. The summed E-state index contributed by atoms with van der Waals surface area (Å²) in [6.07, 6.45) is 0.552. The summed E-state index contributed by atoms with van der Waals surface area (Å²) in [4.78, 5) is 20.8. The lowest BCUT2D eigenvalue weighted by Gasteiger charge is -2.37. The molecule has 1 aromatic carbocycles. The molecule has 1 saturated heterocycles. The molecule has 0 radical (unpaired) electrons. The number of thiophene rings is 1. The van der Waals surface area contributed by atoms with Crippen LogP contribution in [0, 0.1) is 0 Å². The van der Waals surface area contributed by atoms with Crippen molar-refractivity contribution in [3.05, 3.63) is 53.7 Å². The number of carbonyl (C=O) groups excluding carboxylic acids is 1. The van der Waals surface area contributed by atoms with Crippen LogP contribution >= 0.6 is 23.1 Å². The van der Waals surface area contributed by atoms with Gasteiger partial charge in [0.2, 0.25) is 17.6 Å². The van der Waals surface area contributed by atoms with Crippen LogP contribution in [-0.4, -0.2) is 39.8 Å². The van der Waals surface area contributed by atoms with Crippen molar-refractivity contribution in [2.24, 2.45) is 0 Å². The van der Waals surface area contributed by atoms with E-state index in [1.165, 1.54) is 4.90 Å². The molecule has 1 aliphatic rings. The minimum absolute atomic E-state index is 0.159. The molecule has 1 fully saturated rings. The topological polar surface area (TPSA) is 59.2 Å². The summed E-state index contributed by atoms with van der Waals surface area (Å²) in [6, 6.07) is 14.1. The van der Waals surface area contributed by atoms with E-state index in [0.717, 1.165) is 10.6 Å². The van der Waals surface area contributed by atoms with Crippen LogP contribution < -0.4 is 0 Å². The third-order valence-corrected chi connectivity index (χ3v) is 5.97. The van der Waals surface area contributed by atoms with Gasteiger partial charge in [0.25, 0.3) is 0 Å². The molecule has 0 N–H and O–H groups in total. The van der Waals surface area contributed by atoms with Crippen LogP contribution in [0.3, 0.4) is 0 Å². The van der Waals surface area contributed by atoms with E-state index in [1.54, 1.807) is 23.1 Å². The van der Waals surface area contributed by atoms with Gasteiger partial charge in [-0.3, -0.25) is 4.79 Å². The zero-order valence-electron chi connectivity index (χ0n) is 13.5. The molecule has 0 spiro atoms. The SMILES string of the molecule is O=C(CCSc1ccccc1)N1CC(c2nc(-c3cccs3)no2)C1. The highest BCUT2D eigenvalue weighted by Crippen LogP contribution is 2.29. The van der Waals surface area contributed by atoms with Crippen LogP contribution in [0.1, 0.15) is 18.2 Å². The number of thioether (sulfide) groups is 1. The largest absolute Gasteiger partial charge is 0.341 e. The van der Waals surface area contributed by atoms with Crippen LogP contribution in [0.25, 0.3) is 10.7 Å². The Morgan fingerprint density at radius 1 is 1.24 bits per heavy atom. The molecule has 3 aromatic rings. The van der Waals surface area contributed by atoms with Crippen molar-refractivity contribution in [3.8, 4) is 10.7 Å². The van der Waals surface area contributed by atoms with Crippen LogP contribution in [0.4, 0.5) is 0 Å². The first-order chi connectivity index (χ1) is 12.3. The highest BCUT2D eigenvalue weighted by Gasteiger charge is 2.35. The zero-order valence-corrected chi connectivity index (χ0v) is 15.1. The van der Waals surface area contributed by atoms with Gasteiger partial charge in [-0.1, -0.05) is 29.4 Å². The number of nitrogens with zero attached hydrogens (tertiary/aromatic N) is 3. The third kappa shape index (κ3) is 3.77. The number of rotatable bonds is 6. The second kappa shape index (κ2) is 7.41. The van der Waals surface area contributed by atoms with Gasteiger partial charge >= 0.3 is 0 Å². The Morgan fingerprint density at radius 3 is 2.84 bits per heavy atom. The van der Waals surface area contributed by atoms with E-state index in [2.05, 4.69) is 22.3 Å². The lowest BCUT2D eigenvalue weighted by Crippen LogP contribution is -2.48. The smallest absolute Gasteiger partial charge is 0.233 e. The van der Waals surface area contributed by atoms with Crippen LogP contribution in [0.5, 0.6) is 0 Å². The minimum Gasteiger partial charge on any atom is -0.341 e. The summed E-state index contributed by atoms with van der Waals surface area (Å²) in [5, 5.41) is 6.02. The van der Waals surface area contributed by atoms with Crippen LogP contribution in [0.15, 0.2) is 57.3 Å². The van der Waals surface area contributed by atoms with Crippen LogP contribution in [-0.2, 0) is 4.79 Å². The fourth-order valence-corrected chi connectivity index (χ4v) is 4.19. The van der Waals surface area contributed by atoms with Crippen molar-refractivity contribution < 1.29 is 9.32 Å². The van der Waals surface area contributed by atoms with Crippen LogP contribution in [0.2, 0.25) is 0 Å². The molecule has 7 heteroatoms. The molecule has 1 amide bonds. The second-order valence-corrected chi connectivity index (χ2v) is 7.96. The maximum atomic E-state index is 12.2. The number of carbonyl (C=O) groups is 1. The van der Waals surface area contributed by atoms with Gasteiger partial charge < -0.3 is 9.42 Å². The number of amides is 1. The molecule has 25 heavy (non-hydrogen) atoms. The zero-order chi connectivity index (χ0) is 17.1. The fourth-order valence-electron chi connectivity index (χ4n) is 2.68. The summed E-state index contributed by atoms with van der Waals surface area (Å²) in [5.41, 5.74) is 0. The van der Waals surface area contributed by atoms with Gasteiger partial charge in [-0.25, -0.2) is 0 Å². The summed E-state index contributed by atoms with van der Waals surface area (Å²) in [5.74, 6) is 2.41. The molecule has 0 atom stereocenters. The minimum atomic E-state index is 0.159. The van der Waals surface area contributed by atoms with E-state index in [4.69, 9.17) is 4.52 Å². The van der Waals surface area contributed by atoms with E-state index >= 15 is 0 Å². The average molecular weight is 371 g/mol. The number of hydrogen-bond acceptors (Lipinski definition) is 6. The Hall–Kier alpha value is -2.12. The van der Waals surface area contributed by atoms with Crippen molar-refractivity contribution in [1.29, 1.82) is 0 Å². The molecule has 0 saturated carbocycles. The van der Waals surface area contributed by atoms with Crippen molar-refractivity contribution >= 4 is 29.0 Å². The van der Waals surface area contributed by atoms with E-state index in [9.17, 15) is 4.79 Å². The number of aromatic nitrogens is 2. The van der Waals surface area contributed by atoms with Crippen molar-refractivity contribution in [3.63, 3.8) is 0 Å². The van der Waals surface area contributed by atoms with Crippen molar-refractivity contribution in [1.82, 2.24) is 15.0 Å². The van der Waals surface area contributed by atoms with Crippen molar-refractivity contribution in [2.75, 3.05) is 18.8 Å². The molecule has 0 unspecified atom stereocenters. The van der Waals surface area contributed by atoms with E-state index in [1.807, 2.05) is 40.6 Å². The van der Waals surface area contributed by atoms with Gasteiger partial charge in [0.15, 0.2) is 0 Å². The number of benzene rings is 1. The quantitative estimate of drug-likeness (QED) is 0.615. The van der Waals surface area contributed by atoms with E-state index in [-0.39, 0.29) is 11.8 Å². The predicted molar refractivity (Wildman–Crippen MR) is 98.7 cm³/mol. The summed E-state index contributed by atoms with van der Waals surface area (Å²) in [7, 11) is 0. The lowest BCUT2D eigenvalue weighted by atomic mass is 10.00. The van der Waals surface area contributed by atoms with Gasteiger partial charge in [0.1, 0.15) is 0 Å². The van der Waals surface area contributed by atoms with Gasteiger partial charge in [-0.2, -0.15) is 4.98 Å². The predicted octanol–water partition coefficient (Wildman–Crippen LogP) is 3.91. The van der Waals surface area contributed by atoms with Gasteiger partial charge in [-0.05, 0) is 23.6 Å². The van der Waals surface area contributed by atoms with Gasteiger partial charge in [0.05, 0.1) is 10.8 Å². The number of likely N-dealkylation sites (tertiary alicyclic amines) is 1. The van der Waals surface area contributed by atoms with Gasteiger partial charge in [-0.15, -0.1) is 23.1 Å². The molecule has 0 aliphatic carbocycles. The first-order valence-corrected chi connectivity index (χ1v) is 9.99. The average Bonchev–Trinajstić information content (AvgIpc) is 3.26. The summed E-state index contributed by atoms with van der Waals surface area (Å²) in [6.45, 7) is 1.34. The Balaban J connectivity index is 1.24. The third-order valence-electron chi connectivity index (χ3n) is 4.09. The Kier molecular flexibility index (Phi) is 4.85.